The summed E-state index contributed by atoms with van der Waals surface area (Å²) in [6.45, 7) is 4.88. The number of esters is 1. The molecule has 1 rings (SSSR count). The van der Waals surface area contributed by atoms with Gasteiger partial charge in [-0.15, -0.1) is 0 Å². The van der Waals surface area contributed by atoms with Crippen LogP contribution in [0.25, 0.3) is 0 Å². The number of aryl methyl sites for hydroxylation is 1. The molecule has 8 heteroatoms. The van der Waals surface area contributed by atoms with Crippen molar-refractivity contribution >= 4 is 22.4 Å². The lowest BCUT2D eigenvalue weighted by Crippen LogP contribution is -2.12. The average molecular weight is 297 g/mol. The van der Waals surface area contributed by atoms with Gasteiger partial charge in [0.05, 0.1) is 0 Å². The molecule has 0 amide bonds. The third kappa shape index (κ3) is 4.04. The van der Waals surface area contributed by atoms with Crippen molar-refractivity contribution in [3.63, 3.8) is 0 Å². The molecule has 0 unspecified atom stereocenters. The Balaban J connectivity index is 3.21. The van der Waals surface area contributed by atoms with Crippen molar-refractivity contribution < 1.29 is 26.9 Å². The molecule has 0 radical (unpaired) electrons. The topological polar surface area (TPSA) is 99.1 Å². The number of ether oxygens (including phenoxy) is 1. The van der Waals surface area contributed by atoms with Crippen LogP contribution in [0, 0.1) is 6.92 Å². The summed E-state index contributed by atoms with van der Waals surface area (Å²) >= 11 is 0. The molecule has 0 saturated heterocycles. The van der Waals surface area contributed by atoms with Crippen LogP contribution in [0.3, 0.4) is 0 Å². The van der Waals surface area contributed by atoms with Crippen LogP contribution in [0.15, 0.2) is 35.3 Å². The summed E-state index contributed by atoms with van der Waals surface area (Å²) in [7, 11) is -4.51. The Labute approximate surface area is 115 Å². The van der Waals surface area contributed by atoms with Crippen LogP contribution in [0.1, 0.15) is 15.9 Å². The molecule has 0 atom stereocenters. The number of rotatable bonds is 6. The zero-order valence-electron chi connectivity index (χ0n) is 10.5. The molecule has 0 fully saturated rings. The second-order valence-electron chi connectivity index (χ2n) is 3.53. The smallest absolute Gasteiger partial charge is 0.439 e. The molecule has 1 aromatic rings. The number of nitrogens with zero attached hydrogens (tertiary/aromatic N) is 1. The van der Waals surface area contributed by atoms with Gasteiger partial charge in [-0.1, -0.05) is 24.8 Å². The Morgan fingerprint density at radius 3 is 2.80 bits per heavy atom. The van der Waals surface area contributed by atoms with Crippen LogP contribution in [0.5, 0.6) is 5.75 Å². The third-order valence-electron chi connectivity index (χ3n) is 2.10. The van der Waals surface area contributed by atoms with Crippen LogP contribution < -0.4 is 4.18 Å². The van der Waals surface area contributed by atoms with Gasteiger partial charge in [0.25, 0.3) is 6.08 Å². The van der Waals surface area contributed by atoms with Gasteiger partial charge in [0.2, 0.25) is 0 Å². The molecule has 0 aliphatic heterocycles. The first-order valence-corrected chi connectivity index (χ1v) is 6.69. The second-order valence-corrected chi connectivity index (χ2v) is 4.74. The molecule has 0 aliphatic rings. The van der Waals surface area contributed by atoms with Crippen molar-refractivity contribution in [2.24, 2.45) is 4.40 Å². The molecule has 0 aliphatic carbocycles. The van der Waals surface area contributed by atoms with E-state index in [0.29, 0.717) is 5.56 Å². The van der Waals surface area contributed by atoms with Crippen molar-refractivity contribution in [1.82, 2.24) is 0 Å². The van der Waals surface area contributed by atoms with Gasteiger partial charge in [0, 0.05) is 0 Å². The number of carbonyl (C=O) groups excluding carboxylic acids is 2. The summed E-state index contributed by atoms with van der Waals surface area (Å²) in [6.07, 6.45) is 2.23. The molecule has 0 aromatic heterocycles. The highest BCUT2D eigenvalue weighted by Gasteiger charge is 2.21. The summed E-state index contributed by atoms with van der Waals surface area (Å²) in [5.41, 5.74) is 0.263. The maximum atomic E-state index is 11.8. The monoisotopic (exact) mass is 297 g/mol. The predicted octanol–water partition coefficient (Wildman–Crippen LogP) is 1.30. The first kappa shape index (κ1) is 15.6. The molecule has 0 heterocycles. The van der Waals surface area contributed by atoms with Crippen LogP contribution in [-0.2, 0) is 19.8 Å². The van der Waals surface area contributed by atoms with Gasteiger partial charge < -0.3 is 8.92 Å². The van der Waals surface area contributed by atoms with Crippen molar-refractivity contribution in [2.45, 2.75) is 6.92 Å². The van der Waals surface area contributed by atoms with E-state index >= 15 is 0 Å². The fourth-order valence-corrected chi connectivity index (χ4v) is 1.87. The minimum Gasteiger partial charge on any atom is -0.458 e. The minimum absolute atomic E-state index is 0.0363. The maximum absolute atomic E-state index is 11.8. The van der Waals surface area contributed by atoms with Gasteiger partial charge in [0.15, 0.2) is 5.75 Å². The summed E-state index contributed by atoms with van der Waals surface area (Å²) < 4.78 is 34.6. The van der Waals surface area contributed by atoms with Crippen molar-refractivity contribution in [3.05, 3.63) is 42.0 Å². The van der Waals surface area contributed by atoms with E-state index in [2.05, 4.69) is 15.2 Å². The van der Waals surface area contributed by atoms with Crippen LogP contribution in [-0.4, -0.2) is 27.1 Å². The van der Waals surface area contributed by atoms with E-state index in [1.165, 1.54) is 31.2 Å². The van der Waals surface area contributed by atoms with Crippen LogP contribution in [0.4, 0.5) is 0 Å². The quantitative estimate of drug-likeness (QED) is 0.339. The number of para-hydroxylation sites is 1. The highest BCUT2D eigenvalue weighted by Crippen LogP contribution is 2.26. The second kappa shape index (κ2) is 6.65. The number of hydrogen-bond acceptors (Lipinski definition) is 6. The third-order valence-corrected chi connectivity index (χ3v) is 2.78. The van der Waals surface area contributed by atoms with E-state index in [0.717, 1.165) is 6.08 Å². The Hall–Kier alpha value is -2.44. The lowest BCUT2D eigenvalue weighted by atomic mass is 10.1. The fraction of sp³-hybridized carbons (Fsp3) is 0.167. The Bertz CT molecular complexity index is 673. The molecule has 1 aromatic carbocycles. The summed E-state index contributed by atoms with van der Waals surface area (Å²) in [6, 6.07) is 4.38. The summed E-state index contributed by atoms with van der Waals surface area (Å²) in [5.74, 6) is -1.03. The molecular weight excluding hydrogens is 286 g/mol. The van der Waals surface area contributed by atoms with E-state index in [1.807, 2.05) is 0 Å². The van der Waals surface area contributed by atoms with Gasteiger partial charge in [0.1, 0.15) is 12.2 Å². The standard InChI is InChI=1S/C12H11NO6S/c1-3-7-18-12(15)10-6-4-5-9(2)11(10)19-20(16,17)13-8-14/h3-6H,1,7H2,2H3. The molecule has 0 N–H and O–H groups in total. The largest absolute Gasteiger partial charge is 0.458 e. The SMILES string of the molecule is C=CCOC(=O)c1cccc(C)c1OS(=O)(=O)N=C=O. The molecular formula is C12H11NO6S. The zero-order chi connectivity index (χ0) is 15.2. The molecule has 0 saturated carbocycles. The van der Waals surface area contributed by atoms with E-state index in [1.54, 1.807) is 0 Å². The molecule has 20 heavy (non-hydrogen) atoms. The lowest BCUT2D eigenvalue weighted by Gasteiger charge is -2.10. The van der Waals surface area contributed by atoms with Gasteiger partial charge in [-0.25, -0.2) is 9.59 Å². The fourth-order valence-electron chi connectivity index (χ4n) is 1.31. The van der Waals surface area contributed by atoms with E-state index in [4.69, 9.17) is 4.74 Å². The molecule has 106 valence electrons. The number of hydrogen-bond donors (Lipinski definition) is 0. The van der Waals surface area contributed by atoms with Crippen LogP contribution >= 0.6 is 0 Å². The number of isocyanates is 1. The normalized spacial score (nSPS) is 10.2. The van der Waals surface area contributed by atoms with Gasteiger partial charge in [-0.2, -0.15) is 8.42 Å². The Morgan fingerprint density at radius 1 is 1.50 bits per heavy atom. The van der Waals surface area contributed by atoms with E-state index < -0.39 is 16.3 Å². The average Bonchev–Trinajstić information content (AvgIpc) is 2.38. The van der Waals surface area contributed by atoms with Gasteiger partial charge in [-0.3, -0.25) is 0 Å². The minimum atomic E-state index is -4.51. The van der Waals surface area contributed by atoms with Gasteiger partial charge >= 0.3 is 16.3 Å². The molecule has 0 bridgehead atoms. The Kier molecular flexibility index (Phi) is 5.19. The summed E-state index contributed by atoms with van der Waals surface area (Å²) in [4.78, 5) is 21.8. The highest BCUT2D eigenvalue weighted by molar-refractivity contribution is 7.85. The zero-order valence-corrected chi connectivity index (χ0v) is 11.3. The number of benzene rings is 1. The number of carbonyl (C=O) groups is 1. The van der Waals surface area contributed by atoms with E-state index in [9.17, 15) is 18.0 Å². The van der Waals surface area contributed by atoms with Crippen LogP contribution in [0.2, 0.25) is 0 Å². The van der Waals surface area contributed by atoms with Gasteiger partial charge in [-0.05, 0) is 23.0 Å². The van der Waals surface area contributed by atoms with Crippen molar-refractivity contribution in [1.29, 1.82) is 0 Å². The first-order chi connectivity index (χ1) is 9.41. The first-order valence-electron chi connectivity index (χ1n) is 5.32. The molecule has 7 nitrogen and oxygen atoms in total. The highest BCUT2D eigenvalue weighted by atomic mass is 32.2. The lowest BCUT2D eigenvalue weighted by molar-refractivity contribution is 0.0547. The van der Waals surface area contributed by atoms with E-state index in [-0.39, 0.29) is 17.9 Å². The molecule has 0 spiro atoms. The maximum Gasteiger partial charge on any atom is 0.439 e. The summed E-state index contributed by atoms with van der Waals surface area (Å²) in [5, 5.41) is 0. The van der Waals surface area contributed by atoms with Crippen molar-refractivity contribution in [3.8, 4) is 5.75 Å². The Morgan fingerprint density at radius 2 is 2.20 bits per heavy atom. The van der Waals surface area contributed by atoms with Crippen molar-refractivity contribution in [2.75, 3.05) is 6.61 Å². The predicted molar refractivity (Wildman–Crippen MR) is 69.3 cm³/mol.